The van der Waals surface area contributed by atoms with Crippen LogP contribution in [0.5, 0.6) is 0 Å². The third kappa shape index (κ3) is 1.81. The Morgan fingerprint density at radius 3 is 2.65 bits per heavy atom. The van der Waals surface area contributed by atoms with Crippen LogP contribution in [0.1, 0.15) is 5.56 Å². The topological polar surface area (TPSA) is 17.3 Å². The molecule has 0 spiro atoms. The van der Waals surface area contributed by atoms with Gasteiger partial charge in [-0.1, -0.05) is 41.4 Å². The highest BCUT2D eigenvalue weighted by molar-refractivity contribution is 6.30. The zero-order valence-electron chi connectivity index (χ0n) is 9.39. The van der Waals surface area contributed by atoms with Gasteiger partial charge in [-0.25, -0.2) is 4.98 Å². The molecule has 3 rings (SSSR count). The number of halogens is 1. The van der Waals surface area contributed by atoms with Crippen molar-refractivity contribution in [3.63, 3.8) is 0 Å². The lowest BCUT2D eigenvalue weighted by atomic mass is 10.1. The van der Waals surface area contributed by atoms with Gasteiger partial charge in [0.2, 0.25) is 0 Å². The molecule has 0 aliphatic carbocycles. The first-order valence-corrected chi connectivity index (χ1v) is 5.81. The Balaban J connectivity index is 2.21. The van der Waals surface area contributed by atoms with Crippen LogP contribution in [-0.4, -0.2) is 9.38 Å². The van der Waals surface area contributed by atoms with Crippen molar-refractivity contribution >= 4 is 17.2 Å². The zero-order chi connectivity index (χ0) is 11.8. The molecule has 0 radical (unpaired) electrons. The molecule has 0 fully saturated rings. The number of aromatic nitrogens is 2. The van der Waals surface area contributed by atoms with Crippen molar-refractivity contribution in [2.45, 2.75) is 6.92 Å². The van der Waals surface area contributed by atoms with Gasteiger partial charge >= 0.3 is 0 Å². The summed E-state index contributed by atoms with van der Waals surface area (Å²) in [6.07, 6.45) is 3.82. The fourth-order valence-electron chi connectivity index (χ4n) is 1.89. The predicted molar refractivity (Wildman–Crippen MR) is 70.4 cm³/mol. The van der Waals surface area contributed by atoms with Crippen LogP contribution in [-0.2, 0) is 0 Å². The van der Waals surface area contributed by atoms with E-state index < -0.39 is 0 Å². The summed E-state index contributed by atoms with van der Waals surface area (Å²) in [5.41, 5.74) is 4.36. The minimum atomic E-state index is 0.707. The standard InChI is InChI=1S/C14H11ClN2/c1-10-2-4-11(5-3-10)13-9-16-14-8-12(15)6-7-17(13)14/h2-9H,1H3. The zero-order valence-corrected chi connectivity index (χ0v) is 10.1. The van der Waals surface area contributed by atoms with Gasteiger partial charge in [0.15, 0.2) is 0 Å². The van der Waals surface area contributed by atoms with Crippen molar-refractivity contribution in [2.75, 3.05) is 0 Å². The van der Waals surface area contributed by atoms with E-state index in [2.05, 4.69) is 36.2 Å². The summed E-state index contributed by atoms with van der Waals surface area (Å²) in [5, 5.41) is 0.707. The molecule has 0 saturated heterocycles. The lowest BCUT2D eigenvalue weighted by molar-refractivity contribution is 1.19. The highest BCUT2D eigenvalue weighted by Crippen LogP contribution is 2.22. The molecule has 0 aliphatic rings. The van der Waals surface area contributed by atoms with Crippen molar-refractivity contribution < 1.29 is 0 Å². The number of imidazole rings is 1. The Bertz CT molecular complexity index is 668. The van der Waals surface area contributed by atoms with Crippen LogP contribution in [0.4, 0.5) is 0 Å². The van der Waals surface area contributed by atoms with Gasteiger partial charge in [0.05, 0.1) is 11.9 Å². The van der Waals surface area contributed by atoms with Gasteiger partial charge in [-0.2, -0.15) is 0 Å². The number of rotatable bonds is 1. The molecule has 17 heavy (non-hydrogen) atoms. The molecule has 0 aliphatic heterocycles. The highest BCUT2D eigenvalue weighted by Gasteiger charge is 2.05. The van der Waals surface area contributed by atoms with Crippen LogP contribution in [0, 0.1) is 6.92 Å². The third-order valence-electron chi connectivity index (χ3n) is 2.82. The van der Waals surface area contributed by atoms with Crippen LogP contribution >= 0.6 is 11.6 Å². The van der Waals surface area contributed by atoms with Crippen molar-refractivity contribution in [3.8, 4) is 11.3 Å². The summed E-state index contributed by atoms with van der Waals surface area (Å²) in [4.78, 5) is 4.36. The summed E-state index contributed by atoms with van der Waals surface area (Å²) in [7, 11) is 0. The first-order valence-electron chi connectivity index (χ1n) is 5.44. The molecule has 0 N–H and O–H groups in total. The lowest BCUT2D eigenvalue weighted by Gasteiger charge is -2.02. The van der Waals surface area contributed by atoms with Crippen LogP contribution in [0.15, 0.2) is 48.8 Å². The second kappa shape index (κ2) is 3.90. The molecule has 2 aromatic heterocycles. The van der Waals surface area contributed by atoms with Gasteiger partial charge in [0.1, 0.15) is 5.65 Å². The third-order valence-corrected chi connectivity index (χ3v) is 3.06. The highest BCUT2D eigenvalue weighted by atomic mass is 35.5. The van der Waals surface area contributed by atoms with E-state index in [1.165, 1.54) is 5.56 Å². The number of pyridine rings is 1. The van der Waals surface area contributed by atoms with Gasteiger partial charge < -0.3 is 0 Å². The molecule has 3 aromatic rings. The minimum absolute atomic E-state index is 0.707. The largest absolute Gasteiger partial charge is 0.300 e. The number of hydrogen-bond donors (Lipinski definition) is 0. The lowest BCUT2D eigenvalue weighted by Crippen LogP contribution is -1.87. The van der Waals surface area contributed by atoms with E-state index in [4.69, 9.17) is 11.6 Å². The quantitative estimate of drug-likeness (QED) is 0.631. The number of hydrogen-bond acceptors (Lipinski definition) is 1. The fraction of sp³-hybridized carbons (Fsp3) is 0.0714. The smallest absolute Gasteiger partial charge is 0.138 e. The predicted octanol–water partition coefficient (Wildman–Crippen LogP) is 3.96. The Labute approximate surface area is 104 Å². The molecule has 0 amide bonds. The van der Waals surface area contributed by atoms with Gasteiger partial charge in [-0.3, -0.25) is 4.40 Å². The maximum atomic E-state index is 5.94. The summed E-state index contributed by atoms with van der Waals surface area (Å²) >= 11 is 5.94. The van der Waals surface area contributed by atoms with E-state index >= 15 is 0 Å². The SMILES string of the molecule is Cc1ccc(-c2cnc3cc(Cl)ccn23)cc1. The number of fused-ring (bicyclic) bond motifs is 1. The van der Waals surface area contributed by atoms with Gasteiger partial charge in [0.25, 0.3) is 0 Å². The molecule has 2 heterocycles. The van der Waals surface area contributed by atoms with Crippen LogP contribution in [0.25, 0.3) is 16.9 Å². The molecular weight excluding hydrogens is 232 g/mol. The van der Waals surface area contributed by atoms with Crippen LogP contribution < -0.4 is 0 Å². The second-order valence-electron chi connectivity index (χ2n) is 4.08. The van der Waals surface area contributed by atoms with Gasteiger partial charge in [-0.05, 0) is 13.0 Å². The maximum Gasteiger partial charge on any atom is 0.138 e. The van der Waals surface area contributed by atoms with E-state index in [1.54, 1.807) is 0 Å². The van der Waals surface area contributed by atoms with Crippen molar-refractivity contribution in [2.24, 2.45) is 0 Å². The van der Waals surface area contributed by atoms with Crippen molar-refractivity contribution in [1.29, 1.82) is 0 Å². The maximum absolute atomic E-state index is 5.94. The molecule has 3 heteroatoms. The molecule has 0 saturated carbocycles. The molecule has 0 bridgehead atoms. The van der Waals surface area contributed by atoms with Gasteiger partial charge in [-0.15, -0.1) is 0 Å². The van der Waals surface area contributed by atoms with E-state index in [9.17, 15) is 0 Å². The fourth-order valence-corrected chi connectivity index (χ4v) is 2.05. The Morgan fingerprint density at radius 1 is 1.12 bits per heavy atom. The van der Waals surface area contributed by atoms with Crippen LogP contribution in [0.3, 0.4) is 0 Å². The summed E-state index contributed by atoms with van der Waals surface area (Å²) < 4.78 is 2.04. The van der Waals surface area contributed by atoms with E-state index in [0.29, 0.717) is 5.02 Å². The average molecular weight is 243 g/mol. The Kier molecular flexibility index (Phi) is 2.37. The monoisotopic (exact) mass is 242 g/mol. The van der Waals surface area contributed by atoms with Crippen LogP contribution in [0.2, 0.25) is 5.02 Å². The Hall–Kier alpha value is -1.80. The van der Waals surface area contributed by atoms with E-state index in [0.717, 1.165) is 16.9 Å². The Morgan fingerprint density at radius 2 is 1.88 bits per heavy atom. The summed E-state index contributed by atoms with van der Waals surface area (Å²) in [6.45, 7) is 2.08. The first-order chi connectivity index (χ1) is 8.24. The summed E-state index contributed by atoms with van der Waals surface area (Å²) in [5.74, 6) is 0. The summed E-state index contributed by atoms with van der Waals surface area (Å²) in [6, 6.07) is 12.1. The molecule has 0 unspecified atom stereocenters. The number of aryl methyl sites for hydroxylation is 1. The van der Waals surface area contributed by atoms with Crippen molar-refractivity contribution in [1.82, 2.24) is 9.38 Å². The molecule has 2 nitrogen and oxygen atoms in total. The van der Waals surface area contributed by atoms with Gasteiger partial charge in [0, 0.05) is 22.8 Å². The normalized spacial score (nSPS) is 10.9. The van der Waals surface area contributed by atoms with E-state index in [-0.39, 0.29) is 0 Å². The van der Waals surface area contributed by atoms with Crippen molar-refractivity contribution in [3.05, 3.63) is 59.4 Å². The minimum Gasteiger partial charge on any atom is -0.300 e. The molecule has 0 atom stereocenters. The van der Waals surface area contributed by atoms with E-state index in [1.807, 2.05) is 28.9 Å². The number of nitrogens with zero attached hydrogens (tertiary/aromatic N) is 2. The number of benzene rings is 1. The first kappa shape index (κ1) is 10.4. The average Bonchev–Trinajstić information content (AvgIpc) is 2.73. The molecule has 84 valence electrons. The molecular formula is C14H11ClN2. The second-order valence-corrected chi connectivity index (χ2v) is 4.52. The molecule has 1 aromatic carbocycles.